The highest BCUT2D eigenvalue weighted by Crippen LogP contribution is 2.31. The van der Waals surface area contributed by atoms with Crippen LogP contribution < -0.4 is 10.1 Å². The molecule has 0 spiro atoms. The van der Waals surface area contributed by atoms with Crippen LogP contribution in [-0.2, 0) is 16.0 Å². The third kappa shape index (κ3) is 7.01. The molecular formula is C24H16ClN3O4S. The second-order valence-electron chi connectivity index (χ2n) is 6.77. The number of anilines is 1. The summed E-state index contributed by atoms with van der Waals surface area (Å²) in [6, 6.07) is 20.2. The number of rotatable bonds is 8. The fourth-order valence-corrected chi connectivity index (χ4v) is 3.68. The molecule has 0 aliphatic rings. The molecule has 33 heavy (non-hydrogen) atoms. The zero-order valence-electron chi connectivity index (χ0n) is 17.0. The molecule has 0 saturated carbocycles. The number of benzene rings is 3. The van der Waals surface area contributed by atoms with Gasteiger partial charge in [0.05, 0.1) is 40.5 Å². The number of carboxylic acid groups (broad SMARTS) is 1. The van der Waals surface area contributed by atoms with E-state index in [0.29, 0.717) is 33.9 Å². The molecule has 0 radical (unpaired) electrons. The number of hydrogen-bond donors (Lipinski definition) is 2. The fourth-order valence-electron chi connectivity index (χ4n) is 2.82. The maximum atomic E-state index is 12.4. The molecular weight excluding hydrogens is 462 g/mol. The summed E-state index contributed by atoms with van der Waals surface area (Å²) in [6.45, 7) is 0. The van der Waals surface area contributed by atoms with Crippen LogP contribution in [0.2, 0.25) is 5.02 Å². The van der Waals surface area contributed by atoms with Crippen molar-refractivity contribution in [3.63, 3.8) is 0 Å². The first-order valence-electron chi connectivity index (χ1n) is 9.52. The lowest BCUT2D eigenvalue weighted by molar-refractivity contribution is -0.133. The van der Waals surface area contributed by atoms with Gasteiger partial charge in [-0.2, -0.15) is 10.5 Å². The minimum Gasteiger partial charge on any atom is -0.481 e. The zero-order valence-corrected chi connectivity index (χ0v) is 18.6. The van der Waals surface area contributed by atoms with E-state index in [4.69, 9.17) is 32.0 Å². The highest BCUT2D eigenvalue weighted by molar-refractivity contribution is 8.00. The number of halogens is 1. The average Bonchev–Trinajstić information content (AvgIpc) is 2.80. The molecule has 0 aromatic heterocycles. The molecule has 164 valence electrons. The van der Waals surface area contributed by atoms with Gasteiger partial charge < -0.3 is 15.2 Å². The number of nitrogens with zero attached hydrogens (tertiary/aromatic N) is 2. The van der Waals surface area contributed by atoms with Crippen molar-refractivity contribution >= 4 is 40.9 Å². The molecule has 2 N–H and O–H groups in total. The van der Waals surface area contributed by atoms with Crippen LogP contribution in [0.5, 0.6) is 11.5 Å². The van der Waals surface area contributed by atoms with E-state index in [1.54, 1.807) is 42.5 Å². The molecule has 9 heteroatoms. The number of amides is 1. The third-order valence-electron chi connectivity index (χ3n) is 4.25. The molecule has 0 bridgehead atoms. The predicted octanol–water partition coefficient (Wildman–Crippen LogP) is 5.23. The van der Waals surface area contributed by atoms with E-state index in [9.17, 15) is 9.59 Å². The van der Waals surface area contributed by atoms with Crippen molar-refractivity contribution in [3.05, 3.63) is 82.4 Å². The number of carbonyl (C=O) groups excluding carboxylic acids is 1. The second-order valence-corrected chi connectivity index (χ2v) is 8.22. The summed E-state index contributed by atoms with van der Waals surface area (Å²) in [5, 5.41) is 30.0. The van der Waals surface area contributed by atoms with Gasteiger partial charge in [-0.3, -0.25) is 9.59 Å². The highest BCUT2D eigenvalue weighted by Gasteiger charge is 2.10. The van der Waals surface area contributed by atoms with Gasteiger partial charge in [0.15, 0.2) is 0 Å². The molecule has 3 aromatic carbocycles. The van der Waals surface area contributed by atoms with Crippen molar-refractivity contribution in [2.45, 2.75) is 11.3 Å². The molecule has 3 aromatic rings. The van der Waals surface area contributed by atoms with Crippen molar-refractivity contribution < 1.29 is 19.4 Å². The standard InChI is InChI=1S/C24H16ClN3O4S/c25-21-10-15(1-6-22(21)32-19-8-16(12-26)7-17(9-19)13-27)11-23(29)28-18-2-4-20(5-3-18)33-14-24(30)31/h1-10H,11,14H2,(H,28,29)(H,30,31). The Balaban J connectivity index is 1.62. The minimum atomic E-state index is -0.893. The molecule has 0 unspecified atom stereocenters. The number of aliphatic carboxylic acids is 1. The van der Waals surface area contributed by atoms with E-state index in [-0.39, 0.29) is 23.1 Å². The van der Waals surface area contributed by atoms with Crippen LogP contribution in [0.15, 0.2) is 65.6 Å². The van der Waals surface area contributed by atoms with Gasteiger partial charge in [0.25, 0.3) is 0 Å². The average molecular weight is 478 g/mol. The number of nitriles is 2. The quantitative estimate of drug-likeness (QED) is 0.425. The SMILES string of the molecule is N#Cc1cc(C#N)cc(Oc2ccc(CC(=O)Nc3ccc(SCC(=O)O)cc3)cc2Cl)c1. The Morgan fingerprint density at radius 3 is 2.24 bits per heavy atom. The van der Waals surface area contributed by atoms with Gasteiger partial charge in [-0.05, 0) is 60.2 Å². The van der Waals surface area contributed by atoms with Crippen LogP contribution in [0.25, 0.3) is 0 Å². The molecule has 3 rings (SSSR count). The maximum absolute atomic E-state index is 12.4. The predicted molar refractivity (Wildman–Crippen MR) is 125 cm³/mol. The molecule has 0 heterocycles. The summed E-state index contributed by atoms with van der Waals surface area (Å²) >= 11 is 7.50. The van der Waals surface area contributed by atoms with E-state index in [2.05, 4.69) is 5.32 Å². The van der Waals surface area contributed by atoms with Crippen molar-refractivity contribution in [2.24, 2.45) is 0 Å². The van der Waals surface area contributed by atoms with Crippen molar-refractivity contribution in [2.75, 3.05) is 11.1 Å². The minimum absolute atomic E-state index is 0.0323. The first kappa shape index (κ1) is 23.7. The molecule has 0 aliphatic heterocycles. The van der Waals surface area contributed by atoms with Crippen molar-refractivity contribution in [3.8, 4) is 23.6 Å². The summed E-state index contributed by atoms with van der Waals surface area (Å²) in [5.74, 6) is -0.534. The maximum Gasteiger partial charge on any atom is 0.313 e. The largest absolute Gasteiger partial charge is 0.481 e. The number of hydrogen-bond acceptors (Lipinski definition) is 6. The van der Waals surface area contributed by atoms with E-state index in [1.807, 2.05) is 12.1 Å². The molecule has 7 nitrogen and oxygen atoms in total. The van der Waals surface area contributed by atoms with Gasteiger partial charge in [0, 0.05) is 10.6 Å². The van der Waals surface area contributed by atoms with Crippen molar-refractivity contribution in [1.29, 1.82) is 10.5 Å². The summed E-state index contributed by atoms with van der Waals surface area (Å²) < 4.78 is 5.72. The summed E-state index contributed by atoms with van der Waals surface area (Å²) in [6.07, 6.45) is 0.0814. The van der Waals surface area contributed by atoms with Crippen LogP contribution in [-0.4, -0.2) is 22.7 Å². The number of ether oxygens (including phenoxy) is 1. The lowest BCUT2D eigenvalue weighted by Gasteiger charge is -2.10. The van der Waals surface area contributed by atoms with Crippen LogP contribution in [0.3, 0.4) is 0 Å². The molecule has 0 saturated heterocycles. The Kier molecular flexibility index (Phi) is 7.93. The Morgan fingerprint density at radius 1 is 1.00 bits per heavy atom. The van der Waals surface area contributed by atoms with E-state index in [0.717, 1.165) is 4.90 Å². The molecule has 0 aliphatic carbocycles. The topological polar surface area (TPSA) is 123 Å². The van der Waals surface area contributed by atoms with Crippen LogP contribution in [0, 0.1) is 22.7 Å². The van der Waals surface area contributed by atoms with E-state index >= 15 is 0 Å². The van der Waals surface area contributed by atoms with E-state index in [1.165, 1.54) is 30.0 Å². The summed E-state index contributed by atoms with van der Waals surface area (Å²) in [7, 11) is 0. The molecule has 0 fully saturated rings. The number of carboxylic acids is 1. The fraction of sp³-hybridized carbons (Fsp3) is 0.0833. The lowest BCUT2D eigenvalue weighted by Crippen LogP contribution is -2.14. The van der Waals surface area contributed by atoms with Crippen LogP contribution >= 0.6 is 23.4 Å². The van der Waals surface area contributed by atoms with Gasteiger partial charge in [0.2, 0.25) is 5.91 Å². The number of thioether (sulfide) groups is 1. The molecule has 0 atom stereocenters. The Hall–Kier alpha value is -3.98. The Bertz CT molecular complexity index is 1250. The highest BCUT2D eigenvalue weighted by atomic mass is 35.5. The van der Waals surface area contributed by atoms with Gasteiger partial charge in [-0.1, -0.05) is 17.7 Å². The monoisotopic (exact) mass is 477 g/mol. The number of nitrogens with one attached hydrogen (secondary N) is 1. The van der Waals surface area contributed by atoms with E-state index < -0.39 is 5.97 Å². The van der Waals surface area contributed by atoms with Gasteiger partial charge in [0.1, 0.15) is 11.5 Å². The normalized spacial score (nSPS) is 10.0. The smallest absolute Gasteiger partial charge is 0.313 e. The molecule has 1 amide bonds. The van der Waals surface area contributed by atoms with Gasteiger partial charge in [-0.25, -0.2) is 0 Å². The van der Waals surface area contributed by atoms with Gasteiger partial charge >= 0.3 is 5.97 Å². The number of carbonyl (C=O) groups is 2. The Labute approximate surface area is 199 Å². The van der Waals surface area contributed by atoms with Gasteiger partial charge in [-0.15, -0.1) is 11.8 Å². The summed E-state index contributed by atoms with van der Waals surface area (Å²) in [5.41, 5.74) is 1.85. The second kappa shape index (κ2) is 11.1. The van der Waals surface area contributed by atoms with Crippen LogP contribution in [0.4, 0.5) is 5.69 Å². The lowest BCUT2D eigenvalue weighted by atomic mass is 10.1. The zero-order chi connectivity index (χ0) is 23.8. The Morgan fingerprint density at radius 2 is 1.67 bits per heavy atom. The van der Waals surface area contributed by atoms with Crippen molar-refractivity contribution in [1.82, 2.24) is 0 Å². The summed E-state index contributed by atoms with van der Waals surface area (Å²) in [4.78, 5) is 23.8. The first-order valence-corrected chi connectivity index (χ1v) is 10.9. The van der Waals surface area contributed by atoms with Crippen LogP contribution in [0.1, 0.15) is 16.7 Å². The first-order chi connectivity index (χ1) is 15.9. The third-order valence-corrected chi connectivity index (χ3v) is 5.55.